The van der Waals surface area contributed by atoms with E-state index in [1.165, 1.54) is 11.3 Å². The molecule has 28 heavy (non-hydrogen) atoms. The molecule has 0 unspecified atom stereocenters. The van der Waals surface area contributed by atoms with E-state index < -0.39 is 0 Å². The Hall–Kier alpha value is -3.32. The van der Waals surface area contributed by atoms with Crippen molar-refractivity contribution in [3.63, 3.8) is 0 Å². The van der Waals surface area contributed by atoms with Crippen LogP contribution in [0.25, 0.3) is 16.8 Å². The fourth-order valence-electron chi connectivity index (χ4n) is 3.16. The van der Waals surface area contributed by atoms with E-state index in [0.717, 1.165) is 11.3 Å². The lowest BCUT2D eigenvalue weighted by molar-refractivity contribution is 0.404. The van der Waals surface area contributed by atoms with Crippen LogP contribution in [0, 0.1) is 5.41 Å². The highest BCUT2D eigenvalue weighted by molar-refractivity contribution is 7.11. The summed E-state index contributed by atoms with van der Waals surface area (Å²) in [6.45, 7) is 0.259. The van der Waals surface area contributed by atoms with Gasteiger partial charge in [-0.1, -0.05) is 18.2 Å². The molecule has 0 saturated heterocycles. The Balaban J connectivity index is 1.68. The molecule has 1 aliphatic rings. The molecule has 142 valence electrons. The predicted molar refractivity (Wildman–Crippen MR) is 112 cm³/mol. The monoisotopic (exact) mass is 393 g/mol. The highest BCUT2D eigenvalue weighted by atomic mass is 32.1. The van der Waals surface area contributed by atoms with Gasteiger partial charge < -0.3 is 19.5 Å². The van der Waals surface area contributed by atoms with Crippen molar-refractivity contribution in [3.05, 3.63) is 64.7 Å². The molecular weight excluding hydrogens is 374 g/mol. The first kappa shape index (κ1) is 18.1. The number of methoxy groups -OCH3 is 2. The molecule has 2 N–H and O–H groups in total. The highest BCUT2D eigenvalue weighted by Gasteiger charge is 2.31. The van der Waals surface area contributed by atoms with Crippen molar-refractivity contribution < 1.29 is 14.6 Å². The number of nitrogens with zero attached hydrogens (tertiary/aromatic N) is 2. The topological polar surface area (TPSA) is 78.7 Å². The highest BCUT2D eigenvalue weighted by Crippen LogP contribution is 2.37. The normalized spacial score (nSPS) is 13.9. The van der Waals surface area contributed by atoms with Gasteiger partial charge in [0.1, 0.15) is 28.1 Å². The molecule has 0 radical (unpaired) electrons. The zero-order valence-electron chi connectivity index (χ0n) is 15.5. The maximum Gasteiger partial charge on any atom is 0.139 e. The third-order valence-electron chi connectivity index (χ3n) is 4.57. The summed E-state index contributed by atoms with van der Waals surface area (Å²) in [6.07, 6.45) is 0. The zero-order chi connectivity index (χ0) is 19.7. The fourth-order valence-corrected chi connectivity index (χ4v) is 4.05. The Morgan fingerprint density at radius 1 is 1.11 bits per heavy atom. The number of amidine groups is 1. The third kappa shape index (κ3) is 3.10. The Morgan fingerprint density at radius 3 is 2.61 bits per heavy atom. The second-order valence-corrected chi connectivity index (χ2v) is 7.05. The number of nitrogens with one attached hydrogen (secondary N) is 1. The standard InChI is InChI=1S/C21H19N3O3S/c1-26-14-8-9-18(27-2)15(10-14)16-12-28-21(23-16)19-17(25)11-24(20(19)22)13-6-4-3-5-7-13/h3-10,12,22,25H,11H2,1-2H3. The molecular formula is C21H19N3O3S. The SMILES string of the molecule is COc1ccc(OC)c(-c2csc(C3=C(O)CN(c4ccccc4)C3=N)n2)c1. The van der Waals surface area contributed by atoms with Crippen molar-refractivity contribution >= 4 is 28.4 Å². The van der Waals surface area contributed by atoms with E-state index in [2.05, 4.69) is 4.98 Å². The molecule has 4 rings (SSSR count). The van der Waals surface area contributed by atoms with Gasteiger partial charge in [-0.3, -0.25) is 5.41 Å². The van der Waals surface area contributed by atoms with Gasteiger partial charge in [0, 0.05) is 16.6 Å². The molecule has 0 spiro atoms. The Morgan fingerprint density at radius 2 is 1.89 bits per heavy atom. The average molecular weight is 393 g/mol. The number of aliphatic hydroxyl groups excluding tert-OH is 1. The third-order valence-corrected chi connectivity index (χ3v) is 5.43. The average Bonchev–Trinajstić information content (AvgIpc) is 3.32. The minimum absolute atomic E-state index is 0.146. The summed E-state index contributed by atoms with van der Waals surface area (Å²) in [4.78, 5) is 6.43. The van der Waals surface area contributed by atoms with E-state index in [1.54, 1.807) is 19.1 Å². The van der Waals surface area contributed by atoms with E-state index in [4.69, 9.17) is 14.9 Å². The van der Waals surface area contributed by atoms with Crippen molar-refractivity contribution in [1.29, 1.82) is 5.41 Å². The van der Waals surface area contributed by atoms with E-state index in [9.17, 15) is 5.11 Å². The number of hydrogen-bond acceptors (Lipinski definition) is 6. The number of hydrogen-bond donors (Lipinski definition) is 2. The molecule has 0 atom stereocenters. The Labute approximate surface area is 166 Å². The lowest BCUT2D eigenvalue weighted by atomic mass is 10.1. The van der Waals surface area contributed by atoms with Crippen LogP contribution in [-0.4, -0.2) is 36.7 Å². The Kier molecular flexibility index (Phi) is 4.75. The van der Waals surface area contributed by atoms with Gasteiger partial charge in [-0.25, -0.2) is 4.98 Å². The maximum atomic E-state index is 10.5. The molecule has 0 saturated carbocycles. The van der Waals surface area contributed by atoms with E-state index in [-0.39, 0.29) is 18.1 Å². The van der Waals surface area contributed by atoms with Crippen LogP contribution in [0.4, 0.5) is 5.69 Å². The van der Waals surface area contributed by atoms with Gasteiger partial charge in [-0.05, 0) is 30.3 Å². The van der Waals surface area contributed by atoms with E-state index >= 15 is 0 Å². The van der Waals surface area contributed by atoms with Crippen molar-refractivity contribution in [2.45, 2.75) is 0 Å². The van der Waals surface area contributed by atoms with Crippen LogP contribution >= 0.6 is 11.3 Å². The smallest absolute Gasteiger partial charge is 0.139 e. The minimum Gasteiger partial charge on any atom is -0.510 e. The predicted octanol–water partition coefficient (Wildman–Crippen LogP) is 4.59. The number of aromatic nitrogens is 1. The molecule has 1 aromatic heterocycles. The number of benzene rings is 2. The quantitative estimate of drug-likeness (QED) is 0.663. The van der Waals surface area contributed by atoms with E-state index in [0.29, 0.717) is 27.8 Å². The van der Waals surface area contributed by atoms with Crippen molar-refractivity contribution in [1.82, 2.24) is 4.98 Å². The van der Waals surface area contributed by atoms with Gasteiger partial charge in [-0.2, -0.15) is 0 Å². The van der Waals surface area contributed by atoms with E-state index in [1.807, 2.05) is 53.9 Å². The number of thiazole rings is 1. The molecule has 0 bridgehead atoms. The van der Waals surface area contributed by atoms with Crippen LogP contribution in [0.3, 0.4) is 0 Å². The first-order chi connectivity index (χ1) is 13.6. The number of rotatable bonds is 5. The molecule has 2 heterocycles. The van der Waals surface area contributed by atoms with Crippen LogP contribution in [-0.2, 0) is 0 Å². The molecule has 3 aromatic rings. The van der Waals surface area contributed by atoms with Crippen LogP contribution in [0.2, 0.25) is 0 Å². The summed E-state index contributed by atoms with van der Waals surface area (Å²) in [7, 11) is 3.22. The molecule has 1 aliphatic heterocycles. The number of ether oxygens (including phenoxy) is 2. The summed E-state index contributed by atoms with van der Waals surface area (Å²) >= 11 is 1.39. The van der Waals surface area contributed by atoms with Crippen LogP contribution in [0.5, 0.6) is 11.5 Å². The lowest BCUT2D eigenvalue weighted by Crippen LogP contribution is -2.25. The first-order valence-corrected chi connectivity index (χ1v) is 9.52. The summed E-state index contributed by atoms with van der Waals surface area (Å²) in [5, 5.41) is 21.6. The van der Waals surface area contributed by atoms with Crippen molar-refractivity contribution in [2.75, 3.05) is 25.7 Å². The fraction of sp³-hybridized carbons (Fsp3) is 0.143. The van der Waals surface area contributed by atoms with Gasteiger partial charge >= 0.3 is 0 Å². The zero-order valence-corrected chi connectivity index (χ0v) is 16.3. The second kappa shape index (κ2) is 7.36. The largest absolute Gasteiger partial charge is 0.510 e. The molecule has 0 aliphatic carbocycles. The molecule has 0 amide bonds. The van der Waals surface area contributed by atoms with Crippen molar-refractivity contribution in [3.8, 4) is 22.8 Å². The number of para-hydroxylation sites is 1. The lowest BCUT2D eigenvalue weighted by Gasteiger charge is -2.18. The maximum absolute atomic E-state index is 10.5. The summed E-state index contributed by atoms with van der Waals surface area (Å²) in [6, 6.07) is 15.1. The molecule has 7 heteroatoms. The Bertz CT molecular complexity index is 1060. The van der Waals surface area contributed by atoms with Crippen LogP contribution < -0.4 is 14.4 Å². The molecule has 2 aromatic carbocycles. The summed E-state index contributed by atoms with van der Waals surface area (Å²) in [5.41, 5.74) is 2.83. The molecule has 6 nitrogen and oxygen atoms in total. The van der Waals surface area contributed by atoms with Crippen molar-refractivity contribution in [2.24, 2.45) is 0 Å². The first-order valence-electron chi connectivity index (χ1n) is 8.64. The van der Waals surface area contributed by atoms with Crippen LogP contribution in [0.15, 0.2) is 59.7 Å². The van der Waals surface area contributed by atoms with Gasteiger partial charge in [0.25, 0.3) is 0 Å². The minimum atomic E-state index is 0.146. The molecule has 0 fully saturated rings. The summed E-state index contributed by atoms with van der Waals surface area (Å²) in [5.74, 6) is 1.77. The van der Waals surface area contributed by atoms with Gasteiger partial charge in [0.2, 0.25) is 0 Å². The summed E-state index contributed by atoms with van der Waals surface area (Å²) < 4.78 is 10.8. The second-order valence-electron chi connectivity index (χ2n) is 6.20. The number of anilines is 1. The van der Waals surface area contributed by atoms with Gasteiger partial charge in [0.05, 0.1) is 32.0 Å². The van der Waals surface area contributed by atoms with Gasteiger partial charge in [-0.15, -0.1) is 11.3 Å². The van der Waals surface area contributed by atoms with Gasteiger partial charge in [0.15, 0.2) is 0 Å². The number of aliphatic hydroxyl groups is 1. The van der Waals surface area contributed by atoms with Crippen LogP contribution in [0.1, 0.15) is 5.01 Å².